The lowest BCUT2D eigenvalue weighted by Crippen LogP contribution is -2.29. The molecule has 1 N–H and O–H groups in total. The first-order valence-corrected chi connectivity index (χ1v) is 10.4. The summed E-state index contributed by atoms with van der Waals surface area (Å²) in [6.07, 6.45) is 1.85. The van der Waals surface area contributed by atoms with Crippen LogP contribution in [0, 0.1) is 13.8 Å². The van der Waals surface area contributed by atoms with E-state index >= 15 is 0 Å². The number of aryl methyl sites for hydroxylation is 2. The second-order valence-corrected chi connectivity index (χ2v) is 8.78. The summed E-state index contributed by atoms with van der Waals surface area (Å²) in [5.41, 5.74) is 4.24. The SMILES string of the molecule is Cc1ccc(NC(=O)c2ccc(CS(=O)(=O)N3CCCC3)cc2)cc1C. The molecule has 2 aromatic rings. The Morgan fingerprint density at radius 3 is 2.27 bits per heavy atom. The molecule has 1 saturated heterocycles. The third-order valence-electron chi connectivity index (χ3n) is 4.79. The Morgan fingerprint density at radius 2 is 1.65 bits per heavy atom. The van der Waals surface area contributed by atoms with E-state index in [1.54, 1.807) is 28.6 Å². The Balaban J connectivity index is 1.66. The van der Waals surface area contributed by atoms with Crippen LogP contribution in [0.25, 0.3) is 0 Å². The summed E-state index contributed by atoms with van der Waals surface area (Å²) in [7, 11) is -3.27. The smallest absolute Gasteiger partial charge is 0.255 e. The second kappa shape index (κ2) is 7.60. The van der Waals surface area contributed by atoms with Crippen LogP contribution < -0.4 is 5.32 Å². The van der Waals surface area contributed by atoms with Gasteiger partial charge in [-0.15, -0.1) is 0 Å². The van der Waals surface area contributed by atoms with Crippen LogP contribution in [0.3, 0.4) is 0 Å². The lowest BCUT2D eigenvalue weighted by Gasteiger charge is -2.15. The maximum Gasteiger partial charge on any atom is 0.255 e. The van der Waals surface area contributed by atoms with E-state index in [1.807, 2.05) is 32.0 Å². The van der Waals surface area contributed by atoms with Crippen LogP contribution in [-0.4, -0.2) is 31.7 Å². The highest BCUT2D eigenvalue weighted by atomic mass is 32.2. The van der Waals surface area contributed by atoms with Gasteiger partial charge in [-0.05, 0) is 67.6 Å². The van der Waals surface area contributed by atoms with E-state index in [0.717, 1.165) is 24.1 Å². The Kier molecular flexibility index (Phi) is 5.44. The zero-order chi connectivity index (χ0) is 18.7. The van der Waals surface area contributed by atoms with Crippen molar-refractivity contribution < 1.29 is 13.2 Å². The number of sulfonamides is 1. The minimum Gasteiger partial charge on any atom is -0.322 e. The van der Waals surface area contributed by atoms with Crippen molar-refractivity contribution in [3.8, 4) is 0 Å². The summed E-state index contributed by atoms with van der Waals surface area (Å²) in [4.78, 5) is 12.4. The van der Waals surface area contributed by atoms with E-state index in [1.165, 1.54) is 5.56 Å². The van der Waals surface area contributed by atoms with E-state index in [-0.39, 0.29) is 11.7 Å². The zero-order valence-electron chi connectivity index (χ0n) is 15.2. The molecule has 1 aliphatic heterocycles. The molecule has 6 heteroatoms. The van der Waals surface area contributed by atoms with E-state index in [4.69, 9.17) is 0 Å². The van der Waals surface area contributed by atoms with Crippen LogP contribution in [0.5, 0.6) is 0 Å². The highest BCUT2D eigenvalue weighted by Gasteiger charge is 2.25. The van der Waals surface area contributed by atoms with Gasteiger partial charge in [0.1, 0.15) is 0 Å². The molecule has 2 aromatic carbocycles. The average molecular weight is 372 g/mol. The number of amides is 1. The Labute approximate surface area is 155 Å². The fraction of sp³-hybridized carbons (Fsp3) is 0.350. The number of hydrogen-bond acceptors (Lipinski definition) is 3. The summed E-state index contributed by atoms with van der Waals surface area (Å²) in [5, 5.41) is 2.87. The Bertz CT molecular complexity index is 899. The molecule has 0 saturated carbocycles. The molecule has 138 valence electrons. The van der Waals surface area contributed by atoms with Crippen molar-refractivity contribution in [3.63, 3.8) is 0 Å². The van der Waals surface area contributed by atoms with E-state index in [2.05, 4.69) is 5.32 Å². The van der Waals surface area contributed by atoms with Crippen LogP contribution in [0.1, 0.15) is 39.9 Å². The summed E-state index contributed by atoms with van der Waals surface area (Å²) >= 11 is 0. The van der Waals surface area contributed by atoms with Gasteiger partial charge in [-0.25, -0.2) is 12.7 Å². The highest BCUT2D eigenvalue weighted by Crippen LogP contribution is 2.19. The van der Waals surface area contributed by atoms with Crippen molar-refractivity contribution in [2.24, 2.45) is 0 Å². The third kappa shape index (κ3) is 4.31. The van der Waals surface area contributed by atoms with Gasteiger partial charge in [0, 0.05) is 24.3 Å². The van der Waals surface area contributed by atoms with Gasteiger partial charge in [0.15, 0.2) is 0 Å². The number of carbonyl (C=O) groups is 1. The molecule has 5 nitrogen and oxygen atoms in total. The van der Waals surface area contributed by atoms with Crippen molar-refractivity contribution in [2.45, 2.75) is 32.4 Å². The second-order valence-electron chi connectivity index (χ2n) is 6.81. The van der Waals surface area contributed by atoms with Crippen LogP contribution in [-0.2, 0) is 15.8 Å². The number of nitrogens with zero attached hydrogens (tertiary/aromatic N) is 1. The fourth-order valence-corrected chi connectivity index (χ4v) is 4.65. The van der Waals surface area contributed by atoms with Crippen molar-refractivity contribution in [3.05, 3.63) is 64.7 Å². The molecule has 0 spiro atoms. The molecule has 0 atom stereocenters. The molecule has 0 aliphatic carbocycles. The molecule has 0 unspecified atom stereocenters. The topological polar surface area (TPSA) is 66.5 Å². The maximum atomic E-state index is 12.4. The summed E-state index contributed by atoms with van der Waals surface area (Å²) in [6, 6.07) is 12.5. The van der Waals surface area contributed by atoms with Crippen LogP contribution in [0.15, 0.2) is 42.5 Å². The van der Waals surface area contributed by atoms with Gasteiger partial charge in [-0.3, -0.25) is 4.79 Å². The average Bonchev–Trinajstić information content (AvgIpc) is 3.14. The van der Waals surface area contributed by atoms with Gasteiger partial charge < -0.3 is 5.32 Å². The van der Waals surface area contributed by atoms with Crippen LogP contribution >= 0.6 is 0 Å². The standard InChI is InChI=1S/C20H24N2O3S/c1-15-5-10-19(13-16(15)2)21-20(23)18-8-6-17(7-9-18)14-26(24,25)22-11-3-4-12-22/h5-10,13H,3-4,11-12,14H2,1-2H3,(H,21,23). The molecule has 1 heterocycles. The molecular formula is C20H24N2O3S. The summed E-state index contributed by atoms with van der Waals surface area (Å²) < 4.78 is 26.3. The molecule has 0 bridgehead atoms. The maximum absolute atomic E-state index is 12.4. The number of anilines is 1. The number of hydrogen-bond donors (Lipinski definition) is 1. The highest BCUT2D eigenvalue weighted by molar-refractivity contribution is 7.88. The molecule has 0 aromatic heterocycles. The molecule has 1 fully saturated rings. The normalized spacial score (nSPS) is 15.2. The number of rotatable bonds is 5. The third-order valence-corrected chi connectivity index (χ3v) is 6.64. The quantitative estimate of drug-likeness (QED) is 0.874. The van der Waals surface area contributed by atoms with Crippen molar-refractivity contribution in [2.75, 3.05) is 18.4 Å². The summed E-state index contributed by atoms with van der Waals surface area (Å²) in [5.74, 6) is -0.228. The number of benzene rings is 2. The molecule has 26 heavy (non-hydrogen) atoms. The Morgan fingerprint density at radius 1 is 1.00 bits per heavy atom. The predicted molar refractivity (Wildman–Crippen MR) is 104 cm³/mol. The summed E-state index contributed by atoms with van der Waals surface area (Å²) in [6.45, 7) is 5.24. The van der Waals surface area contributed by atoms with Crippen molar-refractivity contribution in [1.82, 2.24) is 4.31 Å². The van der Waals surface area contributed by atoms with Gasteiger partial charge >= 0.3 is 0 Å². The van der Waals surface area contributed by atoms with Gasteiger partial charge in [0.25, 0.3) is 5.91 Å². The van der Waals surface area contributed by atoms with E-state index < -0.39 is 10.0 Å². The molecule has 3 rings (SSSR count). The first-order chi connectivity index (χ1) is 12.3. The van der Waals surface area contributed by atoms with Gasteiger partial charge in [-0.2, -0.15) is 0 Å². The fourth-order valence-electron chi connectivity index (χ4n) is 3.04. The molecule has 1 aliphatic rings. The molecule has 1 amide bonds. The zero-order valence-corrected chi connectivity index (χ0v) is 16.0. The monoisotopic (exact) mass is 372 g/mol. The van der Waals surface area contributed by atoms with E-state index in [9.17, 15) is 13.2 Å². The van der Waals surface area contributed by atoms with E-state index in [0.29, 0.717) is 24.2 Å². The Hall–Kier alpha value is -2.18. The minimum absolute atomic E-state index is 0.0218. The number of nitrogens with one attached hydrogen (secondary N) is 1. The van der Waals surface area contributed by atoms with Crippen LogP contribution in [0.2, 0.25) is 0 Å². The van der Waals surface area contributed by atoms with Crippen molar-refractivity contribution >= 4 is 21.6 Å². The van der Waals surface area contributed by atoms with Gasteiger partial charge in [0.05, 0.1) is 5.75 Å². The molecule has 0 radical (unpaired) electrons. The van der Waals surface area contributed by atoms with Crippen molar-refractivity contribution in [1.29, 1.82) is 0 Å². The lowest BCUT2D eigenvalue weighted by molar-refractivity contribution is 0.102. The van der Waals surface area contributed by atoms with Crippen LogP contribution in [0.4, 0.5) is 5.69 Å². The first kappa shape index (κ1) is 18.6. The first-order valence-electron chi connectivity index (χ1n) is 8.80. The van der Waals surface area contributed by atoms with Gasteiger partial charge in [0.2, 0.25) is 10.0 Å². The predicted octanol–water partition coefficient (Wildman–Crippen LogP) is 3.48. The number of carbonyl (C=O) groups excluding carboxylic acids is 1. The van der Waals surface area contributed by atoms with Gasteiger partial charge in [-0.1, -0.05) is 18.2 Å². The molecular weight excluding hydrogens is 348 g/mol. The minimum atomic E-state index is -3.27. The lowest BCUT2D eigenvalue weighted by atomic mass is 10.1. The largest absolute Gasteiger partial charge is 0.322 e.